The summed E-state index contributed by atoms with van der Waals surface area (Å²) >= 11 is 3.59. The fourth-order valence-electron chi connectivity index (χ4n) is 2.12. The monoisotopic (exact) mass is 283 g/mol. The summed E-state index contributed by atoms with van der Waals surface area (Å²) < 4.78 is 6.56. The second-order valence-corrected chi connectivity index (χ2v) is 5.28. The van der Waals surface area contributed by atoms with Crippen molar-refractivity contribution in [3.63, 3.8) is 0 Å². The van der Waals surface area contributed by atoms with Gasteiger partial charge in [-0.25, -0.2) is 0 Å². The lowest BCUT2D eigenvalue weighted by Crippen LogP contribution is -2.38. The van der Waals surface area contributed by atoms with E-state index in [-0.39, 0.29) is 0 Å². The second-order valence-electron chi connectivity index (χ2n) is 4.42. The lowest BCUT2D eigenvalue weighted by molar-refractivity contribution is 0.188. The smallest absolute Gasteiger partial charge is 0.0620 e. The van der Waals surface area contributed by atoms with Crippen molar-refractivity contribution in [3.05, 3.63) is 34.3 Å². The third-order valence-electron chi connectivity index (χ3n) is 2.93. The Morgan fingerprint density at radius 3 is 3.00 bits per heavy atom. The van der Waals surface area contributed by atoms with E-state index in [4.69, 9.17) is 4.74 Å². The Morgan fingerprint density at radius 2 is 2.31 bits per heavy atom. The van der Waals surface area contributed by atoms with Crippen LogP contribution in [0.2, 0.25) is 0 Å². The molecule has 0 amide bonds. The summed E-state index contributed by atoms with van der Waals surface area (Å²) in [6, 6.07) is 9.44. The Kier molecular flexibility index (Phi) is 4.38. The van der Waals surface area contributed by atoms with Crippen LogP contribution in [-0.4, -0.2) is 25.3 Å². The van der Waals surface area contributed by atoms with Gasteiger partial charge in [-0.15, -0.1) is 0 Å². The summed E-state index contributed by atoms with van der Waals surface area (Å²) in [5, 5.41) is 3.61. The Labute approximate surface area is 106 Å². The molecular weight excluding hydrogens is 266 g/mol. The van der Waals surface area contributed by atoms with E-state index >= 15 is 0 Å². The summed E-state index contributed by atoms with van der Waals surface area (Å²) in [6.07, 6.45) is 2.19. The molecule has 1 aliphatic heterocycles. The molecule has 0 spiro atoms. The minimum absolute atomic E-state index is 0.491. The summed E-state index contributed by atoms with van der Waals surface area (Å²) in [7, 11) is 0. The van der Waals surface area contributed by atoms with Gasteiger partial charge >= 0.3 is 0 Å². The molecule has 1 aliphatic rings. The van der Waals surface area contributed by atoms with Gasteiger partial charge in [0, 0.05) is 23.2 Å². The number of nitrogens with one attached hydrogen (secondary N) is 1. The number of benzene rings is 1. The van der Waals surface area contributed by atoms with Gasteiger partial charge in [0.25, 0.3) is 0 Å². The summed E-state index contributed by atoms with van der Waals surface area (Å²) in [5.41, 5.74) is 1.36. The van der Waals surface area contributed by atoms with Crippen LogP contribution in [0.3, 0.4) is 0 Å². The lowest BCUT2D eigenvalue weighted by atomic mass is 10.1. The molecule has 0 aromatic heterocycles. The molecule has 3 heteroatoms. The molecule has 2 atom stereocenters. The van der Waals surface area contributed by atoms with E-state index in [1.165, 1.54) is 10.0 Å². The maximum absolute atomic E-state index is 5.36. The molecule has 1 aromatic carbocycles. The fourth-order valence-corrected chi connectivity index (χ4v) is 2.57. The average Bonchev–Trinajstić information content (AvgIpc) is 2.74. The zero-order valence-corrected chi connectivity index (χ0v) is 11.2. The molecule has 1 saturated heterocycles. The van der Waals surface area contributed by atoms with Gasteiger partial charge in [0.2, 0.25) is 0 Å². The highest BCUT2D eigenvalue weighted by Crippen LogP contribution is 2.17. The van der Waals surface area contributed by atoms with E-state index in [9.17, 15) is 0 Å². The van der Waals surface area contributed by atoms with Crippen molar-refractivity contribution in [2.75, 3.05) is 13.2 Å². The maximum atomic E-state index is 5.36. The average molecular weight is 284 g/mol. The van der Waals surface area contributed by atoms with Gasteiger partial charge in [0.05, 0.1) is 6.61 Å². The molecule has 0 radical (unpaired) electrons. The van der Waals surface area contributed by atoms with Crippen LogP contribution in [-0.2, 0) is 11.2 Å². The van der Waals surface area contributed by atoms with E-state index in [0.717, 1.165) is 26.1 Å². The molecule has 0 bridgehead atoms. The molecule has 2 nitrogen and oxygen atoms in total. The van der Waals surface area contributed by atoms with E-state index in [2.05, 4.69) is 52.4 Å². The molecule has 1 fully saturated rings. The first-order valence-corrected chi connectivity index (χ1v) is 6.62. The zero-order chi connectivity index (χ0) is 11.4. The van der Waals surface area contributed by atoms with E-state index < -0.39 is 0 Å². The van der Waals surface area contributed by atoms with Crippen molar-refractivity contribution in [2.45, 2.75) is 31.8 Å². The summed E-state index contributed by atoms with van der Waals surface area (Å²) in [4.78, 5) is 0. The van der Waals surface area contributed by atoms with E-state index in [1.54, 1.807) is 0 Å². The minimum Gasteiger partial charge on any atom is -0.380 e. The SMILES string of the molecule is C[C@@H](Cc1ccccc1Br)N[C@H]1CCOC1. The van der Waals surface area contributed by atoms with Crippen molar-refractivity contribution < 1.29 is 4.74 Å². The summed E-state index contributed by atoms with van der Waals surface area (Å²) in [6.45, 7) is 4.00. The largest absolute Gasteiger partial charge is 0.380 e. The van der Waals surface area contributed by atoms with Gasteiger partial charge in [0.15, 0.2) is 0 Å². The third-order valence-corrected chi connectivity index (χ3v) is 3.71. The first-order chi connectivity index (χ1) is 7.75. The Morgan fingerprint density at radius 1 is 1.50 bits per heavy atom. The highest BCUT2D eigenvalue weighted by atomic mass is 79.9. The van der Waals surface area contributed by atoms with Gasteiger partial charge in [-0.1, -0.05) is 34.1 Å². The Bertz CT molecular complexity index is 336. The molecule has 16 heavy (non-hydrogen) atoms. The molecule has 1 N–H and O–H groups in total. The lowest BCUT2D eigenvalue weighted by Gasteiger charge is -2.18. The van der Waals surface area contributed by atoms with E-state index in [1.807, 2.05) is 0 Å². The van der Waals surface area contributed by atoms with Crippen molar-refractivity contribution in [1.29, 1.82) is 0 Å². The molecule has 88 valence electrons. The van der Waals surface area contributed by atoms with Crippen molar-refractivity contribution in [2.24, 2.45) is 0 Å². The maximum Gasteiger partial charge on any atom is 0.0620 e. The first kappa shape index (κ1) is 12.1. The normalized spacial score (nSPS) is 22.2. The van der Waals surface area contributed by atoms with Gasteiger partial charge in [-0.05, 0) is 31.4 Å². The Hall–Kier alpha value is -0.380. The molecule has 2 rings (SSSR count). The van der Waals surface area contributed by atoms with Crippen LogP contribution in [0.15, 0.2) is 28.7 Å². The number of hydrogen-bond donors (Lipinski definition) is 1. The molecule has 1 heterocycles. The number of halogens is 1. The standard InChI is InChI=1S/C13H18BrNO/c1-10(15-12-6-7-16-9-12)8-11-4-2-3-5-13(11)14/h2-5,10,12,15H,6-9H2,1H3/t10-,12-/m0/s1. The molecular formula is C13H18BrNO. The molecule has 1 aromatic rings. The van der Waals surface area contributed by atoms with Crippen LogP contribution in [0, 0.1) is 0 Å². The summed E-state index contributed by atoms with van der Waals surface area (Å²) in [5.74, 6) is 0. The number of hydrogen-bond acceptors (Lipinski definition) is 2. The quantitative estimate of drug-likeness (QED) is 0.918. The second kappa shape index (κ2) is 5.80. The van der Waals surface area contributed by atoms with E-state index in [0.29, 0.717) is 12.1 Å². The van der Waals surface area contributed by atoms with Crippen LogP contribution < -0.4 is 5.32 Å². The number of ether oxygens (including phenoxy) is 1. The van der Waals surface area contributed by atoms with Crippen LogP contribution in [0.1, 0.15) is 18.9 Å². The predicted octanol–water partition coefficient (Wildman–Crippen LogP) is 2.76. The fraction of sp³-hybridized carbons (Fsp3) is 0.538. The van der Waals surface area contributed by atoms with Gasteiger partial charge in [-0.2, -0.15) is 0 Å². The Balaban J connectivity index is 1.86. The van der Waals surface area contributed by atoms with Crippen LogP contribution >= 0.6 is 15.9 Å². The third kappa shape index (κ3) is 3.30. The minimum atomic E-state index is 0.491. The van der Waals surface area contributed by atoms with Gasteiger partial charge in [0.1, 0.15) is 0 Å². The molecule has 0 unspecified atom stereocenters. The van der Waals surface area contributed by atoms with Crippen LogP contribution in [0.25, 0.3) is 0 Å². The first-order valence-electron chi connectivity index (χ1n) is 5.83. The topological polar surface area (TPSA) is 21.3 Å². The molecule has 0 saturated carbocycles. The van der Waals surface area contributed by atoms with Crippen LogP contribution in [0.4, 0.5) is 0 Å². The highest BCUT2D eigenvalue weighted by molar-refractivity contribution is 9.10. The van der Waals surface area contributed by atoms with Crippen molar-refractivity contribution in [1.82, 2.24) is 5.32 Å². The van der Waals surface area contributed by atoms with Crippen LogP contribution in [0.5, 0.6) is 0 Å². The zero-order valence-electron chi connectivity index (χ0n) is 9.58. The molecule has 0 aliphatic carbocycles. The van der Waals surface area contributed by atoms with Crippen molar-refractivity contribution >= 4 is 15.9 Å². The van der Waals surface area contributed by atoms with Gasteiger partial charge < -0.3 is 10.1 Å². The van der Waals surface area contributed by atoms with Gasteiger partial charge in [-0.3, -0.25) is 0 Å². The number of rotatable bonds is 4. The highest BCUT2D eigenvalue weighted by Gasteiger charge is 2.17. The predicted molar refractivity (Wildman–Crippen MR) is 69.7 cm³/mol. The van der Waals surface area contributed by atoms with Crippen molar-refractivity contribution in [3.8, 4) is 0 Å².